The van der Waals surface area contributed by atoms with Gasteiger partial charge in [-0.05, 0) is 36.4 Å². The van der Waals surface area contributed by atoms with Crippen LogP contribution in [0, 0.1) is 11.3 Å². The molecule has 0 amide bonds. The second-order valence-corrected chi connectivity index (χ2v) is 15.6. The van der Waals surface area contributed by atoms with E-state index in [2.05, 4.69) is 10.6 Å². The first-order valence-corrected chi connectivity index (χ1v) is 19.4. The highest BCUT2D eigenvalue weighted by atomic mass is 19.4. The van der Waals surface area contributed by atoms with Crippen LogP contribution < -0.4 is 26.4 Å². The van der Waals surface area contributed by atoms with Crippen molar-refractivity contribution in [2.24, 2.45) is 0 Å². The van der Waals surface area contributed by atoms with E-state index in [1.807, 2.05) is 54.9 Å². The fourth-order valence-corrected chi connectivity index (χ4v) is 7.56. The zero-order valence-corrected chi connectivity index (χ0v) is 34.9. The molecule has 0 saturated carbocycles. The standard InChI is InChI=1S/C32H12BF24.C13H11N2/c34-25(35,36)13-1-14(26(37,38)39)6-21(5-13)33(22-7-15(27(40,41)42)2-16(8-22)28(43,44)45,23-9-17(29(46,47)48)3-18(10-23)30(49,50)51)24-11-19(31(52,53)54)4-20(12-24)32(55,56)57;14-10-12-5-4-6-13(9-12)11-15-7-2-1-3-8-15/h1-12H;1-9H,11H2/q-1;+1. The summed E-state index contributed by atoms with van der Waals surface area (Å²) < 4.78 is 343. The van der Waals surface area contributed by atoms with Crippen LogP contribution in [-0.2, 0) is 56.0 Å². The van der Waals surface area contributed by atoms with Crippen molar-refractivity contribution in [2.75, 3.05) is 0 Å². The number of hydrogen-bond acceptors (Lipinski definition) is 1. The molecule has 0 saturated heterocycles. The molecule has 2 nitrogen and oxygen atoms in total. The maximum absolute atomic E-state index is 14.2. The molecule has 0 aliphatic carbocycles. The van der Waals surface area contributed by atoms with Crippen LogP contribution in [0.3, 0.4) is 0 Å². The molecular weight excluding hydrogens is 1040 g/mol. The van der Waals surface area contributed by atoms with Gasteiger partial charge < -0.3 is 0 Å². The first-order chi connectivity index (χ1) is 32.6. The van der Waals surface area contributed by atoms with Gasteiger partial charge in [0.1, 0.15) is 6.15 Å². The van der Waals surface area contributed by atoms with Crippen LogP contribution in [0.5, 0.6) is 0 Å². The average Bonchev–Trinajstić information content (AvgIpc) is 3.24. The van der Waals surface area contributed by atoms with Crippen molar-refractivity contribution in [3.8, 4) is 6.07 Å². The van der Waals surface area contributed by atoms with Crippen molar-refractivity contribution in [2.45, 2.75) is 56.0 Å². The molecule has 27 heteroatoms. The number of pyridine rings is 1. The maximum Gasteiger partial charge on any atom is 0.416 e. The highest BCUT2D eigenvalue weighted by Gasteiger charge is 2.47. The number of rotatable bonds is 6. The smallest absolute Gasteiger partial charge is 0.201 e. The Kier molecular flexibility index (Phi) is 15.0. The van der Waals surface area contributed by atoms with Gasteiger partial charge in [-0.3, -0.25) is 0 Å². The maximum atomic E-state index is 14.2. The minimum Gasteiger partial charge on any atom is -0.201 e. The summed E-state index contributed by atoms with van der Waals surface area (Å²) in [6, 6.07) is 6.99. The lowest BCUT2D eigenvalue weighted by Gasteiger charge is -2.46. The highest BCUT2D eigenvalue weighted by molar-refractivity contribution is 7.20. The summed E-state index contributed by atoms with van der Waals surface area (Å²) in [5.74, 6) is 0. The Morgan fingerprint density at radius 2 is 0.583 bits per heavy atom. The number of benzene rings is 5. The second kappa shape index (κ2) is 19.3. The monoisotopic (exact) mass is 1060 g/mol. The van der Waals surface area contributed by atoms with E-state index in [9.17, 15) is 105 Å². The van der Waals surface area contributed by atoms with Gasteiger partial charge in [-0.1, -0.05) is 66.7 Å². The number of alkyl halides is 24. The quantitative estimate of drug-likeness (QED) is 0.0928. The van der Waals surface area contributed by atoms with Gasteiger partial charge in [-0.15, -0.1) is 0 Å². The third kappa shape index (κ3) is 13.0. The van der Waals surface area contributed by atoms with Gasteiger partial charge >= 0.3 is 49.4 Å². The van der Waals surface area contributed by atoms with E-state index in [-0.39, 0.29) is 0 Å². The summed E-state index contributed by atoms with van der Waals surface area (Å²) in [5, 5.41) is 8.77. The summed E-state index contributed by atoms with van der Waals surface area (Å²) in [6.45, 7) is 0.802. The van der Waals surface area contributed by atoms with Crippen LogP contribution in [0.15, 0.2) is 128 Å². The Bertz CT molecular complexity index is 2510. The zero-order valence-electron chi connectivity index (χ0n) is 34.9. The van der Waals surface area contributed by atoms with Crippen molar-refractivity contribution >= 4 is 28.0 Å². The van der Waals surface area contributed by atoms with Crippen LogP contribution in [0.2, 0.25) is 0 Å². The molecule has 1 heterocycles. The first kappa shape index (κ1) is 56.0. The number of hydrogen-bond donors (Lipinski definition) is 0. The molecule has 0 spiro atoms. The van der Waals surface area contributed by atoms with Gasteiger partial charge in [-0.2, -0.15) is 132 Å². The van der Waals surface area contributed by atoms with E-state index in [0.717, 1.165) is 12.1 Å². The lowest BCUT2D eigenvalue weighted by Crippen LogP contribution is -2.75. The summed E-state index contributed by atoms with van der Waals surface area (Å²) in [4.78, 5) is 0. The van der Waals surface area contributed by atoms with Crippen molar-refractivity contribution in [1.29, 1.82) is 5.26 Å². The van der Waals surface area contributed by atoms with Crippen molar-refractivity contribution in [3.05, 3.63) is 183 Å². The van der Waals surface area contributed by atoms with Crippen LogP contribution in [0.4, 0.5) is 105 Å². The van der Waals surface area contributed by atoms with Crippen molar-refractivity contribution < 1.29 is 110 Å². The Balaban J connectivity index is 0.000000542. The minimum absolute atomic E-state index is 0.691. The molecule has 0 bridgehead atoms. The van der Waals surface area contributed by atoms with Crippen molar-refractivity contribution in [3.63, 3.8) is 0 Å². The first-order valence-electron chi connectivity index (χ1n) is 19.4. The molecule has 0 unspecified atom stereocenters. The molecular formula is C45H23BF24N2. The molecule has 6 aromatic rings. The Labute approximate surface area is 388 Å². The Morgan fingerprint density at radius 3 is 0.806 bits per heavy atom. The third-order valence-electron chi connectivity index (χ3n) is 10.6. The second-order valence-electron chi connectivity index (χ2n) is 15.6. The molecule has 384 valence electrons. The average molecular weight is 1060 g/mol. The Morgan fingerprint density at radius 1 is 0.333 bits per heavy atom. The predicted molar refractivity (Wildman–Crippen MR) is 207 cm³/mol. The summed E-state index contributed by atoms with van der Waals surface area (Å²) >= 11 is 0. The van der Waals surface area contributed by atoms with Gasteiger partial charge in [-0.25, -0.2) is 4.57 Å². The summed E-state index contributed by atoms with van der Waals surface area (Å²) in [5.41, 5.74) is -28.3. The lowest BCUT2D eigenvalue weighted by atomic mass is 9.12. The molecule has 5 aromatic carbocycles. The van der Waals surface area contributed by atoms with E-state index in [1.165, 1.54) is 0 Å². The fraction of sp³-hybridized carbons (Fsp3) is 0.200. The molecule has 0 aliphatic heterocycles. The van der Waals surface area contributed by atoms with Crippen LogP contribution in [-0.4, -0.2) is 6.15 Å². The van der Waals surface area contributed by atoms with Gasteiger partial charge in [0.05, 0.1) is 56.1 Å². The number of nitriles is 1. The van der Waals surface area contributed by atoms with Gasteiger partial charge in [0.15, 0.2) is 18.9 Å². The normalized spacial score (nSPS) is 13.3. The molecule has 6 rings (SSSR count). The third-order valence-corrected chi connectivity index (χ3v) is 10.6. The van der Waals surface area contributed by atoms with E-state index in [4.69, 9.17) is 5.26 Å². The molecule has 72 heavy (non-hydrogen) atoms. The van der Waals surface area contributed by atoms with Crippen molar-refractivity contribution in [1.82, 2.24) is 0 Å². The van der Waals surface area contributed by atoms with E-state index in [0.29, 0.717) is 5.56 Å². The van der Waals surface area contributed by atoms with Crippen LogP contribution in [0.25, 0.3) is 0 Å². The van der Waals surface area contributed by atoms with E-state index in [1.54, 1.807) is 0 Å². The SMILES string of the molecule is FC(F)(F)c1cc([B-](c2cc(C(F)(F)F)cc(C(F)(F)F)c2)(c2cc(C(F)(F)F)cc(C(F)(F)F)c2)c2cc(C(F)(F)F)cc(C(F)(F)F)c2)cc(C(F)(F)F)c1.N#Cc1cccc(C[n+]2ccccc2)c1. The zero-order chi connectivity index (χ0) is 54.4. The van der Waals surface area contributed by atoms with Gasteiger partial charge in [0.2, 0.25) is 0 Å². The van der Waals surface area contributed by atoms with Gasteiger partial charge in [0.25, 0.3) is 0 Å². The van der Waals surface area contributed by atoms with E-state index < -0.39 is 195 Å². The molecule has 0 atom stereocenters. The molecule has 0 N–H and O–H groups in total. The molecule has 0 radical (unpaired) electrons. The topological polar surface area (TPSA) is 27.7 Å². The number of nitrogens with zero attached hydrogens (tertiary/aromatic N) is 2. The molecule has 1 aromatic heterocycles. The fourth-order valence-electron chi connectivity index (χ4n) is 7.56. The number of aromatic nitrogens is 1. The summed E-state index contributed by atoms with van der Waals surface area (Å²) in [6.07, 6.45) is -50.8. The lowest BCUT2D eigenvalue weighted by molar-refractivity contribution is -0.688. The predicted octanol–water partition coefficient (Wildman–Crippen LogP) is 13.1. The van der Waals surface area contributed by atoms with Gasteiger partial charge in [0, 0.05) is 17.7 Å². The molecule has 0 aliphatic rings. The molecule has 0 fully saturated rings. The van der Waals surface area contributed by atoms with Crippen LogP contribution in [0.1, 0.15) is 55.6 Å². The Hall–Kier alpha value is -6.88. The van der Waals surface area contributed by atoms with E-state index >= 15 is 0 Å². The summed E-state index contributed by atoms with van der Waals surface area (Å²) in [7, 11) is 0. The minimum atomic E-state index is -6.13. The van der Waals surface area contributed by atoms with Crippen LogP contribution >= 0.6 is 0 Å². The largest absolute Gasteiger partial charge is 0.416 e. The number of halogens is 24. The highest BCUT2D eigenvalue weighted by Crippen LogP contribution is 2.41.